The minimum Gasteiger partial charge on any atom is -0.394 e. The van der Waals surface area contributed by atoms with Gasteiger partial charge in [0.2, 0.25) is 53.2 Å². The molecule has 3 rings (SSSR count). The number of aromatic nitrogens is 2. The third-order valence-electron chi connectivity index (χ3n) is 10.6. The fourth-order valence-corrected chi connectivity index (χ4v) is 6.90. The quantitative estimate of drug-likeness (QED) is 0.0457. The van der Waals surface area contributed by atoms with E-state index in [0.29, 0.717) is 24.8 Å². The first-order valence-electron chi connectivity index (χ1n) is 20.4. The molecule has 2 aliphatic heterocycles. The van der Waals surface area contributed by atoms with E-state index in [2.05, 4.69) is 41.9 Å². The van der Waals surface area contributed by atoms with Crippen molar-refractivity contribution >= 4 is 59.5 Å². The minimum atomic E-state index is -1.66. The number of aromatic amines is 1. The maximum absolute atomic E-state index is 13.7. The van der Waals surface area contributed by atoms with E-state index in [4.69, 9.17) is 11.5 Å². The normalized spacial score (nSPS) is 19.5. The molecule has 13 N–H and O–H groups in total. The molecule has 62 heavy (non-hydrogen) atoms. The van der Waals surface area contributed by atoms with Gasteiger partial charge in [0.15, 0.2) is 0 Å². The molecular weight excluding hydrogens is 816 g/mol. The van der Waals surface area contributed by atoms with Crippen LogP contribution in [0.4, 0.5) is 0 Å². The SMILES string of the molecule is CC(C)[C@@H](C=O)NC(=O)CNC(=O)[C@H](Cc1cnc[nH]1)NC(=O)[C@@H]1CCCN1C(=O)[C@H](C)NC(=O)[C@H](CO)NC(=O)[C@H](CCC(N)=O)NC(=O)[C@@H]1CCCN1C(=O)[C@@H](N)[C@@H](C)O. The van der Waals surface area contributed by atoms with E-state index in [1.807, 2.05) is 0 Å². The molecule has 344 valence electrons. The summed E-state index contributed by atoms with van der Waals surface area (Å²) in [7, 11) is 0. The van der Waals surface area contributed by atoms with E-state index < -0.39 is 121 Å². The molecule has 3 heterocycles. The van der Waals surface area contributed by atoms with Crippen molar-refractivity contribution in [1.29, 1.82) is 0 Å². The molecule has 24 nitrogen and oxygen atoms in total. The van der Waals surface area contributed by atoms with Crippen LogP contribution in [-0.2, 0) is 54.4 Å². The average molecular weight is 877 g/mol. The Labute approximate surface area is 357 Å². The van der Waals surface area contributed by atoms with E-state index in [0.717, 1.165) is 0 Å². The number of hydrogen-bond donors (Lipinski definition) is 11. The molecule has 9 amide bonds. The zero-order valence-electron chi connectivity index (χ0n) is 35.3. The van der Waals surface area contributed by atoms with Crippen LogP contribution >= 0.6 is 0 Å². The van der Waals surface area contributed by atoms with Gasteiger partial charge in [-0.25, -0.2) is 4.98 Å². The topological polar surface area (TPSA) is 371 Å². The molecular formula is C38H60N12O12. The summed E-state index contributed by atoms with van der Waals surface area (Å²) in [4.78, 5) is 138. The number of likely N-dealkylation sites (tertiary alicyclic amines) is 2. The second kappa shape index (κ2) is 23.8. The Kier molecular flexibility index (Phi) is 19.4. The molecule has 0 spiro atoms. The summed E-state index contributed by atoms with van der Waals surface area (Å²) in [6, 6.07) is -9.83. The Hall–Kier alpha value is -6.01. The summed E-state index contributed by atoms with van der Waals surface area (Å²) < 4.78 is 0. The lowest BCUT2D eigenvalue weighted by atomic mass is 10.1. The average Bonchev–Trinajstić information content (AvgIpc) is 4.04. The van der Waals surface area contributed by atoms with Gasteiger partial charge in [0.25, 0.3) is 0 Å². The number of H-pyrrole nitrogens is 1. The monoisotopic (exact) mass is 876 g/mol. The molecule has 2 aliphatic rings. The molecule has 0 aromatic carbocycles. The van der Waals surface area contributed by atoms with Crippen molar-refractivity contribution in [2.45, 2.75) is 127 Å². The van der Waals surface area contributed by atoms with Crippen molar-refractivity contribution in [2.24, 2.45) is 17.4 Å². The fraction of sp³-hybridized carbons (Fsp3) is 0.658. The molecule has 24 heteroatoms. The molecule has 0 bridgehead atoms. The van der Waals surface area contributed by atoms with Crippen LogP contribution in [0.25, 0.3) is 0 Å². The van der Waals surface area contributed by atoms with E-state index in [-0.39, 0.29) is 51.1 Å². The highest BCUT2D eigenvalue weighted by Crippen LogP contribution is 2.21. The first kappa shape index (κ1) is 50.3. The number of amides is 9. The summed E-state index contributed by atoms with van der Waals surface area (Å²) in [6.45, 7) is 4.95. The number of rotatable bonds is 23. The number of nitrogens with one attached hydrogen (secondary N) is 7. The Morgan fingerprint density at radius 2 is 1.42 bits per heavy atom. The van der Waals surface area contributed by atoms with Gasteiger partial charge in [-0.3, -0.25) is 43.2 Å². The molecule has 2 fully saturated rings. The third-order valence-corrected chi connectivity index (χ3v) is 10.6. The van der Waals surface area contributed by atoms with Crippen molar-refractivity contribution in [1.82, 2.24) is 51.7 Å². The summed E-state index contributed by atoms with van der Waals surface area (Å²) in [5.74, 6) is -7.18. The molecule has 1 aromatic rings. The van der Waals surface area contributed by atoms with Gasteiger partial charge in [-0.2, -0.15) is 0 Å². The molecule has 0 unspecified atom stereocenters. The van der Waals surface area contributed by atoms with E-state index >= 15 is 0 Å². The fourth-order valence-electron chi connectivity index (χ4n) is 6.90. The second-order valence-corrected chi connectivity index (χ2v) is 15.7. The number of aliphatic hydroxyl groups excluding tert-OH is 2. The number of aldehydes is 1. The van der Waals surface area contributed by atoms with Crippen LogP contribution < -0.4 is 43.4 Å². The van der Waals surface area contributed by atoms with Crippen LogP contribution in [0.3, 0.4) is 0 Å². The highest BCUT2D eigenvalue weighted by molar-refractivity contribution is 5.98. The van der Waals surface area contributed by atoms with Gasteiger partial charge < -0.3 is 73.2 Å². The van der Waals surface area contributed by atoms with E-state index in [1.165, 1.54) is 36.2 Å². The lowest BCUT2D eigenvalue weighted by Crippen LogP contribution is -2.60. The first-order valence-corrected chi connectivity index (χ1v) is 20.4. The number of aliphatic hydroxyl groups is 2. The van der Waals surface area contributed by atoms with Crippen molar-refractivity contribution in [2.75, 3.05) is 26.2 Å². The molecule has 9 atom stereocenters. The van der Waals surface area contributed by atoms with Gasteiger partial charge in [0.1, 0.15) is 48.6 Å². The van der Waals surface area contributed by atoms with E-state index in [1.54, 1.807) is 13.8 Å². The maximum Gasteiger partial charge on any atom is 0.245 e. The van der Waals surface area contributed by atoms with Gasteiger partial charge in [-0.15, -0.1) is 0 Å². The van der Waals surface area contributed by atoms with Crippen molar-refractivity contribution in [3.8, 4) is 0 Å². The first-order chi connectivity index (χ1) is 29.3. The molecule has 0 aliphatic carbocycles. The predicted octanol–water partition coefficient (Wildman–Crippen LogP) is -5.68. The van der Waals surface area contributed by atoms with Crippen LogP contribution in [0.2, 0.25) is 0 Å². The highest BCUT2D eigenvalue weighted by Gasteiger charge is 2.41. The molecule has 0 radical (unpaired) electrons. The Morgan fingerprint density at radius 3 is 1.94 bits per heavy atom. The number of nitrogens with zero attached hydrogens (tertiary/aromatic N) is 3. The molecule has 1 aromatic heterocycles. The number of imidazole rings is 1. The summed E-state index contributed by atoms with van der Waals surface area (Å²) >= 11 is 0. The van der Waals surface area contributed by atoms with Gasteiger partial charge in [0, 0.05) is 37.8 Å². The van der Waals surface area contributed by atoms with Crippen LogP contribution in [0.5, 0.6) is 0 Å². The number of hydrogen-bond acceptors (Lipinski definition) is 14. The highest BCUT2D eigenvalue weighted by atomic mass is 16.3. The van der Waals surface area contributed by atoms with Crippen LogP contribution in [0.15, 0.2) is 12.5 Å². The predicted molar refractivity (Wildman–Crippen MR) is 216 cm³/mol. The smallest absolute Gasteiger partial charge is 0.245 e. The van der Waals surface area contributed by atoms with Crippen LogP contribution in [0.1, 0.15) is 71.9 Å². The van der Waals surface area contributed by atoms with Gasteiger partial charge in [0.05, 0.1) is 31.6 Å². The zero-order valence-corrected chi connectivity index (χ0v) is 35.3. The molecule has 0 saturated carbocycles. The van der Waals surface area contributed by atoms with Gasteiger partial charge >= 0.3 is 0 Å². The zero-order chi connectivity index (χ0) is 46.3. The second-order valence-electron chi connectivity index (χ2n) is 15.7. The lowest BCUT2D eigenvalue weighted by Gasteiger charge is -2.30. The minimum absolute atomic E-state index is 0.0615. The summed E-state index contributed by atoms with van der Waals surface area (Å²) in [5, 5.41) is 34.7. The number of primary amides is 1. The standard InChI is InChI=1S/C38H60N12O12/c1-19(2)25(16-51)45-30(55)15-42-32(56)24(13-22-14-41-18-43-22)47-36(60)27-7-5-11-49(27)37(61)20(3)44-34(58)26(17-52)48-33(57)23(9-10-29(39)54)46-35(59)28-8-6-12-50(28)38(62)31(40)21(4)53/h14,16,18-21,23-28,31,52-53H,5-13,15,17,40H2,1-4H3,(H2,39,54)(H,41,43)(H,42,56)(H,44,58)(H,45,55)(H,46,59)(H,47,60)(H,48,57)/t20-,21+,23-,24-,25+,26-,27-,28-,31-/m0/s1. The van der Waals surface area contributed by atoms with Gasteiger partial charge in [-0.1, -0.05) is 13.8 Å². The lowest BCUT2D eigenvalue weighted by molar-refractivity contribution is -0.142. The number of carbonyl (C=O) groups excluding carboxylic acids is 10. The number of nitrogens with two attached hydrogens (primary N) is 2. The van der Waals surface area contributed by atoms with Crippen molar-refractivity contribution in [3.05, 3.63) is 18.2 Å². The van der Waals surface area contributed by atoms with Crippen LogP contribution in [-0.4, -0.2) is 170 Å². The third kappa shape index (κ3) is 14.3. The van der Waals surface area contributed by atoms with Gasteiger partial charge in [-0.05, 0) is 51.9 Å². The molecule has 2 saturated heterocycles. The van der Waals surface area contributed by atoms with Crippen LogP contribution in [0, 0.1) is 5.92 Å². The largest absolute Gasteiger partial charge is 0.394 e. The van der Waals surface area contributed by atoms with Crippen molar-refractivity contribution < 1.29 is 58.2 Å². The Morgan fingerprint density at radius 1 is 0.839 bits per heavy atom. The van der Waals surface area contributed by atoms with Crippen molar-refractivity contribution in [3.63, 3.8) is 0 Å². The number of carbonyl (C=O) groups is 10. The summed E-state index contributed by atoms with van der Waals surface area (Å²) in [5.41, 5.74) is 11.6. The maximum atomic E-state index is 13.7. The van der Waals surface area contributed by atoms with E-state index in [9.17, 15) is 58.2 Å². The Balaban J connectivity index is 1.65. The Bertz CT molecular complexity index is 1780. The summed E-state index contributed by atoms with van der Waals surface area (Å²) in [6.07, 6.45) is 2.70.